The summed E-state index contributed by atoms with van der Waals surface area (Å²) < 4.78 is 4.84. The summed E-state index contributed by atoms with van der Waals surface area (Å²) in [5, 5.41) is 29.5. The fourth-order valence-electron chi connectivity index (χ4n) is 1.64. The Morgan fingerprint density at radius 3 is 2.43 bits per heavy atom. The highest BCUT2D eigenvalue weighted by Crippen LogP contribution is 2.12. The molecule has 0 aliphatic heterocycles. The van der Waals surface area contributed by atoms with Gasteiger partial charge in [-0.25, -0.2) is 4.79 Å². The maximum absolute atomic E-state index is 11.9. The van der Waals surface area contributed by atoms with E-state index in [0.29, 0.717) is 0 Å². The summed E-state index contributed by atoms with van der Waals surface area (Å²) in [4.78, 5) is 23.0. The quantitative estimate of drug-likeness (QED) is 0.496. The van der Waals surface area contributed by atoms with Crippen LogP contribution in [0.3, 0.4) is 0 Å². The monoisotopic (exact) mass is 297 g/mol. The number of phenolic OH excluding ortho intramolecular Hbond substituents is 1. The normalized spacial score (nSPS) is 13.3. The van der Waals surface area contributed by atoms with Crippen molar-refractivity contribution in [1.82, 2.24) is 5.32 Å². The highest BCUT2D eigenvalue weighted by molar-refractivity contribution is 5.83. The van der Waals surface area contributed by atoms with Crippen LogP contribution in [0.15, 0.2) is 24.3 Å². The first kappa shape index (κ1) is 16.9. The summed E-state index contributed by atoms with van der Waals surface area (Å²) in [5.74, 6) is -0.993. The molecular formula is C14H19NO6. The molecule has 2 atom stereocenters. The lowest BCUT2D eigenvalue weighted by Gasteiger charge is -2.18. The number of aliphatic hydroxyl groups excluding tert-OH is 2. The molecule has 1 rings (SSSR count). The second-order valence-corrected chi connectivity index (χ2v) is 4.59. The number of nitrogens with one attached hydrogen (secondary N) is 1. The molecular weight excluding hydrogens is 278 g/mol. The lowest BCUT2D eigenvalue weighted by Crippen LogP contribution is -2.43. The number of amides is 1. The summed E-state index contributed by atoms with van der Waals surface area (Å²) >= 11 is 0. The molecule has 0 aliphatic carbocycles. The largest absolute Gasteiger partial charge is 0.508 e. The molecule has 1 unspecified atom stereocenters. The number of aliphatic hydroxyl groups is 2. The minimum absolute atomic E-state index is 0.100. The SMILES string of the molecule is CC(=O)N[C@@H](Cc1ccc(O)cc1)C(=O)OCC(O)CO. The lowest BCUT2D eigenvalue weighted by atomic mass is 10.1. The van der Waals surface area contributed by atoms with Gasteiger partial charge in [-0.3, -0.25) is 4.79 Å². The maximum atomic E-state index is 11.9. The highest BCUT2D eigenvalue weighted by Gasteiger charge is 2.22. The molecule has 1 amide bonds. The number of phenols is 1. The molecule has 116 valence electrons. The molecule has 0 bridgehead atoms. The molecule has 0 heterocycles. The summed E-state index contributed by atoms with van der Waals surface area (Å²) in [6.45, 7) is 0.413. The zero-order valence-corrected chi connectivity index (χ0v) is 11.7. The van der Waals surface area contributed by atoms with E-state index in [-0.39, 0.29) is 18.8 Å². The zero-order chi connectivity index (χ0) is 15.8. The number of ether oxygens (including phenoxy) is 1. The minimum Gasteiger partial charge on any atom is -0.508 e. The smallest absolute Gasteiger partial charge is 0.329 e. The third-order valence-electron chi connectivity index (χ3n) is 2.67. The molecule has 0 radical (unpaired) electrons. The van der Waals surface area contributed by atoms with E-state index in [4.69, 9.17) is 14.9 Å². The number of hydrogen-bond donors (Lipinski definition) is 4. The predicted octanol–water partition coefficient (Wildman–Crippen LogP) is -0.664. The fraction of sp³-hybridized carbons (Fsp3) is 0.429. The molecule has 0 saturated heterocycles. The molecule has 1 aromatic carbocycles. The summed E-state index contributed by atoms with van der Waals surface area (Å²) in [6, 6.07) is 5.29. The number of carbonyl (C=O) groups is 2. The molecule has 0 saturated carbocycles. The van der Waals surface area contributed by atoms with Gasteiger partial charge in [0.2, 0.25) is 5.91 Å². The summed E-state index contributed by atoms with van der Waals surface area (Å²) in [7, 11) is 0. The van der Waals surface area contributed by atoms with Crippen LogP contribution in [0.4, 0.5) is 0 Å². The number of esters is 1. The Hall–Kier alpha value is -2.12. The Morgan fingerprint density at radius 1 is 1.29 bits per heavy atom. The van der Waals surface area contributed by atoms with E-state index in [0.717, 1.165) is 5.56 Å². The minimum atomic E-state index is -1.15. The van der Waals surface area contributed by atoms with E-state index in [1.165, 1.54) is 19.1 Å². The van der Waals surface area contributed by atoms with Crippen LogP contribution in [0.1, 0.15) is 12.5 Å². The van der Waals surface area contributed by atoms with Crippen molar-refractivity contribution in [3.05, 3.63) is 29.8 Å². The lowest BCUT2D eigenvalue weighted by molar-refractivity contribution is -0.151. The summed E-state index contributed by atoms with van der Waals surface area (Å²) in [6.07, 6.45) is -0.964. The van der Waals surface area contributed by atoms with Gasteiger partial charge in [0.05, 0.1) is 6.61 Å². The van der Waals surface area contributed by atoms with Gasteiger partial charge in [0.25, 0.3) is 0 Å². The molecule has 0 aromatic heterocycles. The van der Waals surface area contributed by atoms with Gasteiger partial charge < -0.3 is 25.4 Å². The standard InChI is InChI=1S/C14H19NO6/c1-9(17)15-13(14(20)21-8-12(19)7-16)6-10-2-4-11(18)5-3-10/h2-5,12-13,16,18-19H,6-8H2,1H3,(H,15,17)/t12?,13-/m0/s1. The number of benzene rings is 1. The number of aromatic hydroxyl groups is 1. The van der Waals surface area contributed by atoms with Gasteiger partial charge in [-0.05, 0) is 17.7 Å². The molecule has 21 heavy (non-hydrogen) atoms. The van der Waals surface area contributed by atoms with Crippen molar-refractivity contribution in [2.75, 3.05) is 13.2 Å². The van der Waals surface area contributed by atoms with Crippen molar-refractivity contribution in [1.29, 1.82) is 0 Å². The molecule has 4 N–H and O–H groups in total. The van der Waals surface area contributed by atoms with Crippen LogP contribution in [-0.2, 0) is 20.7 Å². The first-order valence-electron chi connectivity index (χ1n) is 6.43. The second-order valence-electron chi connectivity index (χ2n) is 4.59. The Balaban J connectivity index is 2.68. The van der Waals surface area contributed by atoms with E-state index >= 15 is 0 Å². The van der Waals surface area contributed by atoms with Gasteiger partial charge in [-0.1, -0.05) is 12.1 Å². The maximum Gasteiger partial charge on any atom is 0.329 e. The Kier molecular flexibility index (Phi) is 6.64. The van der Waals surface area contributed by atoms with Gasteiger partial charge in [-0.2, -0.15) is 0 Å². The van der Waals surface area contributed by atoms with Crippen LogP contribution in [0.25, 0.3) is 0 Å². The summed E-state index contributed by atoms with van der Waals surface area (Å²) in [5.41, 5.74) is 0.728. The molecule has 1 aromatic rings. The zero-order valence-electron chi connectivity index (χ0n) is 11.7. The average Bonchev–Trinajstić information content (AvgIpc) is 2.45. The van der Waals surface area contributed by atoms with Gasteiger partial charge in [0.1, 0.15) is 24.5 Å². The topological polar surface area (TPSA) is 116 Å². The van der Waals surface area contributed by atoms with Gasteiger partial charge in [0, 0.05) is 13.3 Å². The predicted molar refractivity (Wildman–Crippen MR) is 73.5 cm³/mol. The van der Waals surface area contributed by atoms with Gasteiger partial charge in [-0.15, -0.1) is 0 Å². The van der Waals surface area contributed by atoms with Crippen molar-refractivity contribution in [3.8, 4) is 5.75 Å². The van der Waals surface area contributed by atoms with E-state index in [1.807, 2.05) is 0 Å². The van der Waals surface area contributed by atoms with Crippen LogP contribution < -0.4 is 5.32 Å². The van der Waals surface area contributed by atoms with Crippen molar-refractivity contribution < 1.29 is 29.6 Å². The van der Waals surface area contributed by atoms with Crippen molar-refractivity contribution >= 4 is 11.9 Å². The van der Waals surface area contributed by atoms with E-state index < -0.39 is 30.6 Å². The first-order valence-corrected chi connectivity index (χ1v) is 6.43. The van der Waals surface area contributed by atoms with Crippen LogP contribution in [-0.4, -0.2) is 52.6 Å². The van der Waals surface area contributed by atoms with Crippen molar-refractivity contribution in [2.24, 2.45) is 0 Å². The Labute approximate surface area is 122 Å². The van der Waals surface area contributed by atoms with Crippen LogP contribution in [0.2, 0.25) is 0 Å². The third-order valence-corrected chi connectivity index (χ3v) is 2.67. The first-order chi connectivity index (χ1) is 9.92. The number of hydrogen-bond acceptors (Lipinski definition) is 6. The van der Waals surface area contributed by atoms with Crippen molar-refractivity contribution in [2.45, 2.75) is 25.5 Å². The van der Waals surface area contributed by atoms with Crippen LogP contribution in [0, 0.1) is 0 Å². The van der Waals surface area contributed by atoms with E-state index in [1.54, 1.807) is 12.1 Å². The third kappa shape index (κ3) is 6.24. The Morgan fingerprint density at radius 2 is 1.90 bits per heavy atom. The molecule has 7 nitrogen and oxygen atoms in total. The Bertz CT molecular complexity index is 473. The highest BCUT2D eigenvalue weighted by atomic mass is 16.5. The molecule has 0 aliphatic rings. The second kappa shape index (κ2) is 8.23. The molecule has 0 fully saturated rings. The van der Waals surface area contributed by atoms with E-state index in [9.17, 15) is 14.7 Å². The van der Waals surface area contributed by atoms with Gasteiger partial charge in [0.15, 0.2) is 0 Å². The number of carbonyl (C=O) groups excluding carboxylic acids is 2. The average molecular weight is 297 g/mol. The number of rotatable bonds is 7. The fourth-order valence-corrected chi connectivity index (χ4v) is 1.64. The molecule has 0 spiro atoms. The van der Waals surface area contributed by atoms with Gasteiger partial charge >= 0.3 is 5.97 Å². The molecule has 7 heteroatoms. The van der Waals surface area contributed by atoms with Crippen LogP contribution >= 0.6 is 0 Å². The van der Waals surface area contributed by atoms with Crippen LogP contribution in [0.5, 0.6) is 5.75 Å². The van der Waals surface area contributed by atoms with Crippen molar-refractivity contribution in [3.63, 3.8) is 0 Å². The van der Waals surface area contributed by atoms with E-state index in [2.05, 4.69) is 5.32 Å².